The minimum absolute atomic E-state index is 0.0274. The van der Waals surface area contributed by atoms with E-state index < -0.39 is 18.5 Å². The summed E-state index contributed by atoms with van der Waals surface area (Å²) >= 11 is 7.29. The molecule has 1 N–H and O–H groups in total. The molecule has 8 nitrogen and oxygen atoms in total. The molecule has 10 heteroatoms. The van der Waals surface area contributed by atoms with Crippen molar-refractivity contribution in [1.29, 1.82) is 0 Å². The van der Waals surface area contributed by atoms with Crippen molar-refractivity contribution in [3.05, 3.63) is 24.3 Å². The molecule has 2 saturated carbocycles. The van der Waals surface area contributed by atoms with Gasteiger partial charge in [0.25, 0.3) is 5.91 Å². The third-order valence-electron chi connectivity index (χ3n) is 6.34. The number of ether oxygens (including phenoxy) is 2. The van der Waals surface area contributed by atoms with E-state index in [-0.39, 0.29) is 58.1 Å². The van der Waals surface area contributed by atoms with Gasteiger partial charge >= 0.3 is 5.97 Å². The summed E-state index contributed by atoms with van der Waals surface area (Å²) in [7, 11) is 1.52. The smallest absolute Gasteiger partial charge is 0.308 e. The first-order valence-corrected chi connectivity index (χ1v) is 11.9. The average Bonchev–Trinajstić information content (AvgIpc) is 3.36. The maximum absolute atomic E-state index is 12.8. The molecule has 31 heavy (non-hydrogen) atoms. The fourth-order valence-electron chi connectivity index (χ4n) is 4.95. The molecular formula is C21H22Br2N2O6. The van der Waals surface area contributed by atoms with Gasteiger partial charge in [0.2, 0.25) is 11.8 Å². The second-order valence-electron chi connectivity index (χ2n) is 8.02. The molecule has 3 amide bonds. The lowest BCUT2D eigenvalue weighted by Crippen LogP contribution is -2.37. The highest BCUT2D eigenvalue weighted by Gasteiger charge is 2.66. The third kappa shape index (κ3) is 4.11. The number of esters is 1. The van der Waals surface area contributed by atoms with E-state index in [9.17, 15) is 19.2 Å². The van der Waals surface area contributed by atoms with Crippen LogP contribution in [0.1, 0.15) is 12.8 Å². The molecule has 0 unspecified atom stereocenters. The molecule has 2 aliphatic carbocycles. The number of likely N-dealkylation sites (tertiary alicyclic amines) is 1. The van der Waals surface area contributed by atoms with Gasteiger partial charge in [0.05, 0.1) is 25.4 Å². The van der Waals surface area contributed by atoms with Gasteiger partial charge in [0.15, 0.2) is 6.61 Å². The van der Waals surface area contributed by atoms with Crippen molar-refractivity contribution in [1.82, 2.24) is 4.90 Å². The largest absolute Gasteiger partial charge is 0.497 e. The van der Waals surface area contributed by atoms with Crippen molar-refractivity contribution in [3.63, 3.8) is 0 Å². The third-order valence-corrected chi connectivity index (χ3v) is 9.54. The fraction of sp³-hybridized carbons (Fsp3) is 0.524. The first kappa shape index (κ1) is 22.3. The highest BCUT2D eigenvalue weighted by atomic mass is 79.9. The Morgan fingerprint density at radius 1 is 1.13 bits per heavy atom. The molecule has 0 spiro atoms. The molecule has 0 radical (unpaired) electrons. The summed E-state index contributed by atoms with van der Waals surface area (Å²) in [6.07, 6.45) is 0.713. The summed E-state index contributed by atoms with van der Waals surface area (Å²) in [4.78, 5) is 51.2. The van der Waals surface area contributed by atoms with Crippen molar-refractivity contribution >= 4 is 61.2 Å². The van der Waals surface area contributed by atoms with Crippen LogP contribution in [-0.2, 0) is 23.9 Å². The lowest BCUT2D eigenvalue weighted by Gasteiger charge is -2.28. The number of nitrogens with one attached hydrogen (secondary N) is 1. The number of imide groups is 1. The Hall–Kier alpha value is -1.94. The first-order chi connectivity index (χ1) is 14.8. The van der Waals surface area contributed by atoms with E-state index >= 15 is 0 Å². The Bertz CT molecular complexity index is 893. The van der Waals surface area contributed by atoms with E-state index in [2.05, 4.69) is 37.2 Å². The number of carbonyl (C=O) groups is 4. The number of alkyl halides is 2. The predicted molar refractivity (Wildman–Crippen MR) is 118 cm³/mol. The second-order valence-corrected chi connectivity index (χ2v) is 10.1. The van der Waals surface area contributed by atoms with Gasteiger partial charge in [-0.05, 0) is 30.4 Å². The molecule has 1 aromatic rings. The second kappa shape index (κ2) is 8.90. The zero-order valence-corrected chi connectivity index (χ0v) is 19.9. The molecule has 1 heterocycles. The number of halogens is 2. The molecule has 4 rings (SSSR count). The van der Waals surface area contributed by atoms with Crippen LogP contribution >= 0.6 is 31.9 Å². The molecule has 1 aromatic carbocycles. The van der Waals surface area contributed by atoms with Crippen LogP contribution in [0.3, 0.4) is 0 Å². The summed E-state index contributed by atoms with van der Waals surface area (Å²) in [5.74, 6) is -1.29. The zero-order chi connectivity index (χ0) is 22.3. The molecule has 3 fully saturated rings. The maximum atomic E-state index is 12.8. The minimum Gasteiger partial charge on any atom is -0.497 e. The van der Waals surface area contributed by atoms with Crippen LogP contribution < -0.4 is 10.1 Å². The molecule has 3 aliphatic rings. The predicted octanol–water partition coefficient (Wildman–Crippen LogP) is 2.34. The summed E-state index contributed by atoms with van der Waals surface area (Å²) in [5.41, 5.74) is 0.519. The zero-order valence-electron chi connectivity index (χ0n) is 16.8. The average molecular weight is 558 g/mol. The lowest BCUT2D eigenvalue weighted by molar-refractivity contribution is -0.149. The van der Waals surface area contributed by atoms with Gasteiger partial charge in [-0.2, -0.15) is 0 Å². The van der Waals surface area contributed by atoms with E-state index in [4.69, 9.17) is 9.47 Å². The quantitative estimate of drug-likeness (QED) is 0.314. The number of benzene rings is 1. The monoisotopic (exact) mass is 556 g/mol. The number of anilines is 1. The van der Waals surface area contributed by atoms with Crippen LogP contribution in [0, 0.1) is 23.7 Å². The number of hydrogen-bond donors (Lipinski definition) is 1. The van der Waals surface area contributed by atoms with E-state index in [1.54, 1.807) is 24.3 Å². The number of amides is 3. The number of methoxy groups -OCH3 is 1. The van der Waals surface area contributed by atoms with Crippen molar-refractivity contribution in [2.24, 2.45) is 23.7 Å². The Labute approximate surface area is 196 Å². The van der Waals surface area contributed by atoms with Crippen molar-refractivity contribution in [2.45, 2.75) is 22.5 Å². The molecule has 2 bridgehead atoms. The number of nitrogens with zero attached hydrogens (tertiary/aromatic N) is 1. The van der Waals surface area contributed by atoms with E-state index in [0.29, 0.717) is 11.4 Å². The topological polar surface area (TPSA) is 102 Å². The summed E-state index contributed by atoms with van der Waals surface area (Å²) in [5, 5.41) is 2.61. The van der Waals surface area contributed by atoms with Gasteiger partial charge < -0.3 is 14.8 Å². The molecular weight excluding hydrogens is 536 g/mol. The molecule has 1 saturated heterocycles. The van der Waals surface area contributed by atoms with Crippen LogP contribution in [0.15, 0.2) is 24.3 Å². The van der Waals surface area contributed by atoms with E-state index in [1.807, 2.05) is 0 Å². The Balaban J connectivity index is 1.25. The molecule has 6 atom stereocenters. The summed E-state index contributed by atoms with van der Waals surface area (Å²) in [6.45, 7) is -0.482. The van der Waals surface area contributed by atoms with E-state index in [0.717, 1.165) is 6.42 Å². The minimum atomic E-state index is -0.641. The number of fused-ring (bicyclic) bond motifs is 5. The summed E-state index contributed by atoms with van der Waals surface area (Å²) in [6, 6.07) is 6.79. The highest BCUT2D eigenvalue weighted by Crippen LogP contribution is 2.60. The van der Waals surface area contributed by atoms with Crippen molar-refractivity contribution in [3.8, 4) is 5.75 Å². The SMILES string of the molecule is COc1cccc(NC(=O)COC(=O)CCN2C(=O)[C@@H]3[C@H]4C[C@@H]([C@H](Br)[C@H]4Br)[C@H]3C2=O)c1. The highest BCUT2D eigenvalue weighted by molar-refractivity contribution is 9.12. The van der Waals surface area contributed by atoms with Gasteiger partial charge in [-0.25, -0.2) is 0 Å². The molecule has 0 aromatic heterocycles. The molecule has 166 valence electrons. The first-order valence-electron chi connectivity index (χ1n) is 10.0. The lowest BCUT2D eigenvalue weighted by atomic mass is 9.81. The van der Waals surface area contributed by atoms with Crippen LogP contribution in [0.25, 0.3) is 0 Å². The van der Waals surface area contributed by atoms with Crippen molar-refractivity contribution < 1.29 is 28.7 Å². The Morgan fingerprint density at radius 3 is 2.39 bits per heavy atom. The van der Waals surface area contributed by atoms with Crippen molar-refractivity contribution in [2.75, 3.05) is 25.6 Å². The van der Waals surface area contributed by atoms with Gasteiger partial charge in [-0.3, -0.25) is 24.1 Å². The number of hydrogen-bond acceptors (Lipinski definition) is 6. The van der Waals surface area contributed by atoms with Crippen LogP contribution in [-0.4, -0.2) is 58.5 Å². The fourth-order valence-corrected chi connectivity index (χ4v) is 6.82. The van der Waals surface area contributed by atoms with Crippen LogP contribution in [0.5, 0.6) is 5.75 Å². The standard InChI is InChI=1S/C21H22Br2N2O6/c1-30-11-4-2-3-10(7-11)24-14(26)9-31-15(27)5-6-25-20(28)16-12-8-13(17(16)21(25)29)19(23)18(12)22/h2-4,7,12-13,16-19H,5-6,8-9H2,1H3,(H,24,26)/t12-,13-,16-,17-,18+,19+/m1/s1. The maximum Gasteiger partial charge on any atom is 0.308 e. The van der Waals surface area contributed by atoms with Crippen LogP contribution in [0.2, 0.25) is 0 Å². The van der Waals surface area contributed by atoms with Gasteiger partial charge in [0, 0.05) is 28.0 Å². The summed E-state index contributed by atoms with van der Waals surface area (Å²) < 4.78 is 10.1. The number of rotatable bonds is 7. The Kier molecular flexibility index (Phi) is 6.39. The van der Waals surface area contributed by atoms with Gasteiger partial charge in [0.1, 0.15) is 5.75 Å². The Morgan fingerprint density at radius 2 is 1.77 bits per heavy atom. The van der Waals surface area contributed by atoms with Gasteiger partial charge in [-0.15, -0.1) is 0 Å². The normalized spacial score (nSPS) is 31.0. The molecule has 1 aliphatic heterocycles. The number of carbonyl (C=O) groups excluding carboxylic acids is 4. The van der Waals surface area contributed by atoms with Gasteiger partial charge in [-0.1, -0.05) is 37.9 Å². The van der Waals surface area contributed by atoms with Crippen LogP contribution in [0.4, 0.5) is 5.69 Å². The van der Waals surface area contributed by atoms with E-state index in [1.165, 1.54) is 12.0 Å².